The molecule has 6 nitrogen and oxygen atoms in total. The van der Waals surface area contributed by atoms with Gasteiger partial charge in [0.15, 0.2) is 6.61 Å². The summed E-state index contributed by atoms with van der Waals surface area (Å²) >= 11 is 0. The number of amides is 2. The molecule has 2 aromatic carbocycles. The Bertz CT molecular complexity index is 940. The Morgan fingerprint density at radius 3 is 2.42 bits per heavy atom. The first-order valence-electron chi connectivity index (χ1n) is 10.6. The molecule has 0 aromatic heterocycles. The van der Waals surface area contributed by atoms with Crippen LogP contribution in [-0.2, 0) is 16.1 Å². The third-order valence-corrected chi connectivity index (χ3v) is 5.19. The average Bonchev–Trinajstić information content (AvgIpc) is 2.81. The zero-order chi connectivity index (χ0) is 21.9. The minimum absolute atomic E-state index is 0.0245. The molecule has 0 aliphatic heterocycles. The van der Waals surface area contributed by atoms with Gasteiger partial charge in [0.25, 0.3) is 11.8 Å². The van der Waals surface area contributed by atoms with E-state index in [9.17, 15) is 14.9 Å². The van der Waals surface area contributed by atoms with Crippen LogP contribution < -0.4 is 15.4 Å². The SMILES string of the molecule is N#C/C(=C\c1ccc(OCC(=O)NC2CCCCC2)cc1)C(=O)NCc1ccccc1. The van der Waals surface area contributed by atoms with Crippen LogP contribution in [0.5, 0.6) is 5.75 Å². The fourth-order valence-corrected chi connectivity index (χ4v) is 3.51. The molecule has 31 heavy (non-hydrogen) atoms. The maximum absolute atomic E-state index is 12.3. The van der Waals surface area contributed by atoms with Gasteiger partial charge < -0.3 is 15.4 Å². The fourth-order valence-electron chi connectivity index (χ4n) is 3.51. The molecular formula is C25H27N3O3. The first kappa shape index (κ1) is 22.1. The van der Waals surface area contributed by atoms with Crippen LogP contribution in [0.1, 0.15) is 43.2 Å². The first-order chi connectivity index (χ1) is 15.1. The third kappa shape index (κ3) is 7.31. The predicted octanol–water partition coefficient (Wildman–Crippen LogP) is 3.74. The van der Waals surface area contributed by atoms with Gasteiger partial charge in [-0.3, -0.25) is 9.59 Å². The van der Waals surface area contributed by atoms with Gasteiger partial charge in [0.2, 0.25) is 0 Å². The van der Waals surface area contributed by atoms with Gasteiger partial charge in [0, 0.05) is 12.6 Å². The second kappa shape index (κ2) is 11.6. The maximum Gasteiger partial charge on any atom is 0.262 e. The highest BCUT2D eigenvalue weighted by Crippen LogP contribution is 2.18. The molecule has 1 saturated carbocycles. The molecule has 0 heterocycles. The van der Waals surface area contributed by atoms with Crippen LogP contribution in [0.15, 0.2) is 60.2 Å². The van der Waals surface area contributed by atoms with Crippen molar-refractivity contribution < 1.29 is 14.3 Å². The maximum atomic E-state index is 12.3. The van der Waals surface area contributed by atoms with E-state index in [1.54, 1.807) is 24.3 Å². The van der Waals surface area contributed by atoms with Crippen molar-refractivity contribution in [2.75, 3.05) is 6.61 Å². The van der Waals surface area contributed by atoms with Gasteiger partial charge in [0.05, 0.1) is 0 Å². The van der Waals surface area contributed by atoms with Crippen LogP contribution in [-0.4, -0.2) is 24.5 Å². The summed E-state index contributed by atoms with van der Waals surface area (Å²) in [6.45, 7) is 0.325. The van der Waals surface area contributed by atoms with E-state index in [-0.39, 0.29) is 24.1 Å². The molecule has 160 valence electrons. The van der Waals surface area contributed by atoms with Gasteiger partial charge >= 0.3 is 0 Å². The van der Waals surface area contributed by atoms with Crippen LogP contribution in [0.2, 0.25) is 0 Å². The lowest BCUT2D eigenvalue weighted by Gasteiger charge is -2.22. The number of nitriles is 1. The Kier molecular flexibility index (Phi) is 8.24. The van der Waals surface area contributed by atoms with Crippen molar-refractivity contribution in [2.45, 2.75) is 44.7 Å². The summed E-state index contributed by atoms with van der Waals surface area (Å²) in [6, 6.07) is 18.6. The number of ether oxygens (including phenoxy) is 1. The summed E-state index contributed by atoms with van der Waals surface area (Å²) in [5, 5.41) is 15.1. The fraction of sp³-hybridized carbons (Fsp3) is 0.320. The van der Waals surface area contributed by atoms with Gasteiger partial charge in [-0.15, -0.1) is 0 Å². The van der Waals surface area contributed by atoms with E-state index in [1.165, 1.54) is 12.5 Å². The minimum atomic E-state index is -0.425. The van der Waals surface area contributed by atoms with E-state index >= 15 is 0 Å². The van der Waals surface area contributed by atoms with Crippen molar-refractivity contribution in [1.82, 2.24) is 10.6 Å². The second-order valence-electron chi connectivity index (χ2n) is 7.60. The monoisotopic (exact) mass is 417 g/mol. The minimum Gasteiger partial charge on any atom is -0.484 e. The van der Waals surface area contributed by atoms with Crippen LogP contribution in [0, 0.1) is 11.3 Å². The lowest BCUT2D eigenvalue weighted by atomic mass is 9.95. The number of nitrogens with one attached hydrogen (secondary N) is 2. The molecule has 2 amide bonds. The summed E-state index contributed by atoms with van der Waals surface area (Å²) in [7, 11) is 0. The van der Waals surface area contributed by atoms with Gasteiger partial charge in [-0.2, -0.15) is 5.26 Å². The molecule has 2 N–H and O–H groups in total. The zero-order valence-corrected chi connectivity index (χ0v) is 17.5. The van der Waals surface area contributed by atoms with Gasteiger partial charge in [0.1, 0.15) is 17.4 Å². The highest BCUT2D eigenvalue weighted by atomic mass is 16.5. The van der Waals surface area contributed by atoms with Crippen LogP contribution in [0.3, 0.4) is 0 Å². The number of carbonyl (C=O) groups is 2. The molecule has 3 rings (SSSR count). The third-order valence-electron chi connectivity index (χ3n) is 5.19. The molecule has 0 radical (unpaired) electrons. The number of carbonyl (C=O) groups excluding carboxylic acids is 2. The molecule has 6 heteroatoms. The van der Waals surface area contributed by atoms with E-state index in [0.717, 1.165) is 31.2 Å². The molecule has 0 unspecified atom stereocenters. The molecule has 1 aliphatic rings. The van der Waals surface area contributed by atoms with Crippen molar-refractivity contribution in [3.8, 4) is 11.8 Å². The smallest absolute Gasteiger partial charge is 0.262 e. The average molecular weight is 418 g/mol. The highest BCUT2D eigenvalue weighted by Gasteiger charge is 2.15. The van der Waals surface area contributed by atoms with Crippen LogP contribution in [0.25, 0.3) is 6.08 Å². The van der Waals surface area contributed by atoms with E-state index in [0.29, 0.717) is 17.9 Å². The lowest BCUT2D eigenvalue weighted by Crippen LogP contribution is -2.38. The standard InChI is InChI=1S/C25H27N3O3/c26-16-21(25(30)27-17-20-7-3-1-4-8-20)15-19-11-13-23(14-12-19)31-18-24(29)28-22-9-5-2-6-10-22/h1,3-4,7-8,11-15,22H,2,5-6,9-10,17-18H2,(H,27,30)(H,28,29)/b21-15+. The summed E-state index contributed by atoms with van der Waals surface area (Å²) in [5.41, 5.74) is 1.68. The van der Waals surface area contributed by atoms with Crippen molar-refractivity contribution >= 4 is 17.9 Å². The lowest BCUT2D eigenvalue weighted by molar-refractivity contribution is -0.124. The summed E-state index contributed by atoms with van der Waals surface area (Å²) in [4.78, 5) is 24.3. The molecule has 1 aliphatic carbocycles. The van der Waals surface area contributed by atoms with Crippen molar-refractivity contribution in [3.05, 3.63) is 71.3 Å². The number of benzene rings is 2. The van der Waals surface area contributed by atoms with E-state index in [2.05, 4.69) is 10.6 Å². The molecule has 0 bridgehead atoms. The Balaban J connectivity index is 1.49. The van der Waals surface area contributed by atoms with E-state index < -0.39 is 5.91 Å². The zero-order valence-electron chi connectivity index (χ0n) is 17.5. The van der Waals surface area contributed by atoms with Crippen molar-refractivity contribution in [2.24, 2.45) is 0 Å². The first-order valence-corrected chi connectivity index (χ1v) is 10.6. The van der Waals surface area contributed by atoms with Crippen molar-refractivity contribution in [1.29, 1.82) is 5.26 Å². The molecule has 0 atom stereocenters. The Morgan fingerprint density at radius 2 is 1.74 bits per heavy atom. The number of nitrogens with zero attached hydrogens (tertiary/aromatic N) is 1. The van der Waals surface area contributed by atoms with Crippen LogP contribution >= 0.6 is 0 Å². The Labute approximate surface area is 182 Å². The van der Waals surface area contributed by atoms with Crippen molar-refractivity contribution in [3.63, 3.8) is 0 Å². The summed E-state index contributed by atoms with van der Waals surface area (Å²) in [6.07, 6.45) is 7.16. The largest absolute Gasteiger partial charge is 0.484 e. The van der Waals surface area contributed by atoms with Crippen LogP contribution in [0.4, 0.5) is 0 Å². The second-order valence-corrected chi connectivity index (χ2v) is 7.60. The molecule has 2 aromatic rings. The van der Waals surface area contributed by atoms with E-state index in [1.807, 2.05) is 36.4 Å². The molecule has 1 fully saturated rings. The molecular weight excluding hydrogens is 390 g/mol. The van der Waals surface area contributed by atoms with Gasteiger partial charge in [-0.1, -0.05) is 61.7 Å². The number of hydrogen-bond donors (Lipinski definition) is 2. The highest BCUT2D eigenvalue weighted by molar-refractivity contribution is 6.01. The Hall–Kier alpha value is -3.59. The summed E-state index contributed by atoms with van der Waals surface area (Å²) in [5.74, 6) is 0.0202. The van der Waals surface area contributed by atoms with Gasteiger partial charge in [-0.25, -0.2) is 0 Å². The number of rotatable bonds is 8. The Morgan fingerprint density at radius 1 is 1.03 bits per heavy atom. The molecule has 0 saturated heterocycles. The summed E-state index contributed by atoms with van der Waals surface area (Å²) < 4.78 is 5.55. The van der Waals surface area contributed by atoms with E-state index in [4.69, 9.17) is 4.74 Å². The number of hydrogen-bond acceptors (Lipinski definition) is 4. The van der Waals surface area contributed by atoms with Gasteiger partial charge in [-0.05, 0) is 42.2 Å². The quantitative estimate of drug-likeness (QED) is 0.506. The normalized spacial score (nSPS) is 14.4. The predicted molar refractivity (Wildman–Crippen MR) is 119 cm³/mol. The topological polar surface area (TPSA) is 91.2 Å². The molecule has 0 spiro atoms.